The van der Waals surface area contributed by atoms with Crippen LogP contribution in [0.1, 0.15) is 12.5 Å². The largest absolute Gasteiger partial charge is 0.497 e. The molecule has 168 valence electrons. The number of carbonyl (C=O) groups is 2. The number of fused-ring (bicyclic) bond motifs is 1. The highest BCUT2D eigenvalue weighted by Crippen LogP contribution is 2.35. The van der Waals surface area contributed by atoms with E-state index in [2.05, 4.69) is 5.32 Å². The maximum absolute atomic E-state index is 13.5. The number of carbonyl (C=O) groups excluding carboxylic acids is 2. The minimum absolute atomic E-state index is 0.0258. The Morgan fingerprint density at radius 1 is 0.970 bits per heavy atom. The molecule has 1 N–H and O–H groups in total. The Bertz CT molecular complexity index is 1300. The molecule has 0 radical (unpaired) electrons. The first-order valence-corrected chi connectivity index (χ1v) is 10.7. The third-order valence-corrected chi connectivity index (χ3v) is 5.53. The van der Waals surface area contributed by atoms with Crippen LogP contribution in [0, 0.1) is 0 Å². The molecule has 1 aliphatic rings. The van der Waals surface area contributed by atoms with Gasteiger partial charge in [-0.25, -0.2) is 4.90 Å². The van der Waals surface area contributed by atoms with Gasteiger partial charge in [-0.1, -0.05) is 30.3 Å². The monoisotopic (exact) mass is 462 g/mol. The molecule has 2 amide bonds. The van der Waals surface area contributed by atoms with Crippen LogP contribution in [-0.2, 0) is 9.59 Å². The van der Waals surface area contributed by atoms with Gasteiger partial charge < -0.3 is 14.2 Å². The molecule has 0 unspecified atom stereocenters. The number of benzene rings is 3. The normalized spacial score (nSPS) is 15.1. The zero-order valence-electron chi connectivity index (χ0n) is 18.4. The highest BCUT2D eigenvalue weighted by Gasteiger charge is 2.36. The van der Waals surface area contributed by atoms with Crippen LogP contribution in [-0.4, -0.2) is 37.8 Å². The summed E-state index contributed by atoms with van der Waals surface area (Å²) in [5.41, 5.74) is 1.06. The second kappa shape index (κ2) is 9.30. The number of hydrogen-bond acceptors (Lipinski definition) is 6. The van der Waals surface area contributed by atoms with E-state index >= 15 is 0 Å². The van der Waals surface area contributed by atoms with Gasteiger partial charge in [0.05, 0.1) is 26.5 Å². The predicted octanol–water partition coefficient (Wildman–Crippen LogP) is 4.09. The van der Waals surface area contributed by atoms with E-state index in [1.807, 2.05) is 43.3 Å². The summed E-state index contributed by atoms with van der Waals surface area (Å²) >= 11 is 5.32. The molecule has 1 fully saturated rings. The van der Waals surface area contributed by atoms with Crippen molar-refractivity contribution in [2.75, 3.05) is 25.7 Å². The van der Waals surface area contributed by atoms with Crippen molar-refractivity contribution in [1.29, 1.82) is 0 Å². The molecule has 4 rings (SSSR count). The quantitative estimate of drug-likeness (QED) is 0.338. The molecule has 1 saturated heterocycles. The van der Waals surface area contributed by atoms with Crippen LogP contribution in [0.5, 0.6) is 17.2 Å². The summed E-state index contributed by atoms with van der Waals surface area (Å²) in [5, 5.41) is 4.33. The van der Waals surface area contributed by atoms with Gasteiger partial charge in [-0.15, -0.1) is 0 Å². The minimum Gasteiger partial charge on any atom is -0.497 e. The molecule has 7 nitrogen and oxygen atoms in total. The third kappa shape index (κ3) is 4.12. The number of methoxy groups -OCH3 is 2. The predicted molar refractivity (Wildman–Crippen MR) is 131 cm³/mol. The molecule has 0 aromatic heterocycles. The molecule has 3 aromatic rings. The number of ether oxygens (including phenoxy) is 3. The van der Waals surface area contributed by atoms with Crippen LogP contribution >= 0.6 is 12.2 Å². The van der Waals surface area contributed by atoms with E-state index < -0.39 is 11.8 Å². The van der Waals surface area contributed by atoms with Crippen LogP contribution in [0.15, 0.2) is 60.2 Å². The van der Waals surface area contributed by atoms with E-state index in [1.54, 1.807) is 24.3 Å². The maximum Gasteiger partial charge on any atom is 0.270 e. The Morgan fingerprint density at radius 3 is 2.42 bits per heavy atom. The van der Waals surface area contributed by atoms with E-state index in [1.165, 1.54) is 19.1 Å². The molecule has 1 heterocycles. The molecule has 0 saturated carbocycles. The van der Waals surface area contributed by atoms with E-state index in [4.69, 9.17) is 26.4 Å². The fourth-order valence-corrected chi connectivity index (χ4v) is 3.98. The summed E-state index contributed by atoms with van der Waals surface area (Å²) in [7, 11) is 3.02. The first-order chi connectivity index (χ1) is 16.0. The number of thiocarbonyl (C=S) groups is 1. The topological polar surface area (TPSA) is 77.1 Å². The van der Waals surface area contributed by atoms with E-state index in [9.17, 15) is 9.59 Å². The zero-order chi connectivity index (χ0) is 23.5. The number of nitrogens with one attached hydrogen (secondary N) is 1. The summed E-state index contributed by atoms with van der Waals surface area (Å²) in [6.45, 7) is 2.45. The first kappa shape index (κ1) is 22.3. The zero-order valence-corrected chi connectivity index (χ0v) is 19.2. The van der Waals surface area contributed by atoms with Gasteiger partial charge in [0.15, 0.2) is 5.11 Å². The Hall–Kier alpha value is -3.91. The van der Waals surface area contributed by atoms with Gasteiger partial charge in [-0.3, -0.25) is 14.9 Å². The van der Waals surface area contributed by atoms with Crippen LogP contribution in [0.2, 0.25) is 0 Å². The van der Waals surface area contributed by atoms with Crippen molar-refractivity contribution in [3.05, 3.63) is 65.7 Å². The van der Waals surface area contributed by atoms with E-state index in [-0.39, 0.29) is 10.7 Å². The summed E-state index contributed by atoms with van der Waals surface area (Å²) in [5.74, 6) is 0.566. The lowest BCUT2D eigenvalue weighted by Gasteiger charge is -2.30. The number of hydrogen-bond donors (Lipinski definition) is 1. The van der Waals surface area contributed by atoms with Crippen LogP contribution < -0.4 is 24.4 Å². The summed E-state index contributed by atoms with van der Waals surface area (Å²) < 4.78 is 16.4. The Labute approximate surface area is 196 Å². The van der Waals surface area contributed by atoms with Crippen molar-refractivity contribution >= 4 is 51.7 Å². The second-order valence-corrected chi connectivity index (χ2v) is 7.51. The van der Waals surface area contributed by atoms with Gasteiger partial charge in [0.25, 0.3) is 11.8 Å². The first-order valence-electron chi connectivity index (χ1n) is 10.3. The SMILES string of the molecule is CCOc1ccc(/C=C2\C(=O)NC(=S)N(c3ccc(OC)cc3OC)C2=O)c2ccccc12. The fraction of sp³-hybridized carbons (Fsp3) is 0.160. The van der Waals surface area contributed by atoms with E-state index in [0.717, 1.165) is 16.5 Å². The molecule has 0 bridgehead atoms. The smallest absolute Gasteiger partial charge is 0.270 e. The van der Waals surface area contributed by atoms with Crippen molar-refractivity contribution in [3.63, 3.8) is 0 Å². The average molecular weight is 463 g/mol. The molecule has 8 heteroatoms. The lowest BCUT2D eigenvalue weighted by molar-refractivity contribution is -0.122. The molecule has 33 heavy (non-hydrogen) atoms. The van der Waals surface area contributed by atoms with Crippen LogP contribution in [0.3, 0.4) is 0 Å². The lowest BCUT2D eigenvalue weighted by Crippen LogP contribution is -2.54. The van der Waals surface area contributed by atoms with Crippen molar-refractivity contribution in [1.82, 2.24) is 5.32 Å². The molecule has 1 aliphatic heterocycles. The standard InChI is InChI=1S/C25H22N2O5S/c1-4-32-21-12-9-15(17-7-5-6-8-18(17)21)13-19-23(28)26-25(33)27(24(19)29)20-11-10-16(30-2)14-22(20)31-3/h5-14H,4H2,1-3H3,(H,26,28,33)/b19-13+. The van der Waals surface area contributed by atoms with Crippen molar-refractivity contribution in [3.8, 4) is 17.2 Å². The average Bonchev–Trinajstić information content (AvgIpc) is 2.83. The van der Waals surface area contributed by atoms with Gasteiger partial charge in [0, 0.05) is 11.5 Å². The highest BCUT2D eigenvalue weighted by molar-refractivity contribution is 7.80. The molecule has 3 aromatic carbocycles. The van der Waals surface area contributed by atoms with Gasteiger partial charge in [0.2, 0.25) is 0 Å². The highest BCUT2D eigenvalue weighted by atomic mass is 32.1. The number of amides is 2. The van der Waals surface area contributed by atoms with Gasteiger partial charge in [0.1, 0.15) is 22.8 Å². The summed E-state index contributed by atoms with van der Waals surface area (Å²) in [6, 6.07) is 16.3. The Morgan fingerprint density at radius 2 is 1.73 bits per heavy atom. The van der Waals surface area contributed by atoms with E-state index in [0.29, 0.717) is 29.4 Å². The Kier molecular flexibility index (Phi) is 6.28. The van der Waals surface area contributed by atoms with Crippen molar-refractivity contribution in [2.45, 2.75) is 6.92 Å². The lowest BCUT2D eigenvalue weighted by atomic mass is 10.00. The molecule has 0 aliphatic carbocycles. The second-order valence-electron chi connectivity index (χ2n) is 7.13. The van der Waals surface area contributed by atoms with Crippen molar-refractivity contribution in [2.24, 2.45) is 0 Å². The number of anilines is 1. The van der Waals surface area contributed by atoms with Gasteiger partial charge >= 0.3 is 0 Å². The number of nitrogens with zero attached hydrogens (tertiary/aromatic N) is 1. The number of rotatable bonds is 6. The van der Waals surface area contributed by atoms with Gasteiger partial charge in [-0.05, 0) is 54.4 Å². The van der Waals surface area contributed by atoms with Gasteiger partial charge in [-0.2, -0.15) is 0 Å². The van der Waals surface area contributed by atoms with Crippen LogP contribution in [0.25, 0.3) is 16.8 Å². The molecular formula is C25H22N2O5S. The maximum atomic E-state index is 13.5. The molecule has 0 atom stereocenters. The fourth-order valence-electron chi connectivity index (χ4n) is 3.70. The molecular weight excluding hydrogens is 440 g/mol. The Balaban J connectivity index is 1.81. The summed E-state index contributed by atoms with van der Waals surface area (Å²) in [6.07, 6.45) is 1.57. The summed E-state index contributed by atoms with van der Waals surface area (Å²) in [4.78, 5) is 27.5. The van der Waals surface area contributed by atoms with Crippen LogP contribution in [0.4, 0.5) is 5.69 Å². The van der Waals surface area contributed by atoms with Crippen molar-refractivity contribution < 1.29 is 23.8 Å². The minimum atomic E-state index is -0.563. The molecule has 0 spiro atoms. The third-order valence-electron chi connectivity index (χ3n) is 5.25.